The maximum Gasteiger partial charge on any atom is 0.364 e. The van der Waals surface area contributed by atoms with Crippen molar-refractivity contribution < 1.29 is 9.72 Å². The van der Waals surface area contributed by atoms with Crippen molar-refractivity contribution >= 4 is 50.5 Å². The monoisotopic (exact) mass is 269 g/mol. The van der Waals surface area contributed by atoms with Gasteiger partial charge in [-0.2, -0.15) is 0 Å². The molecule has 1 aromatic heterocycles. The summed E-state index contributed by atoms with van der Waals surface area (Å²) in [6, 6.07) is 0. The Hall–Kier alpha value is -0.920. The van der Waals surface area contributed by atoms with Crippen molar-refractivity contribution in [3.05, 3.63) is 15.3 Å². The number of carbonyl (C=O) groups is 1. The fraction of sp³-hybridized carbons (Fsp3) is 0.333. The number of ketones is 1. The fourth-order valence-corrected chi connectivity index (χ4v) is 1.87. The van der Waals surface area contributed by atoms with Crippen LogP contribution in [0.2, 0.25) is 5.15 Å². The fourth-order valence-electron chi connectivity index (χ4n) is 0.678. The minimum atomic E-state index is -0.966. The third kappa shape index (κ3) is 3.01. The van der Waals surface area contributed by atoms with Gasteiger partial charge in [0.05, 0.1) is 4.92 Å². The third-order valence-electron chi connectivity index (χ3n) is 1.34. The molecule has 1 N–H and O–H groups in total. The lowest BCUT2D eigenvalue weighted by Crippen LogP contribution is -2.20. The van der Waals surface area contributed by atoms with Gasteiger partial charge in [-0.3, -0.25) is 14.9 Å². The number of hydrogen-bond acceptors (Lipinski definition) is 6. The topological polar surface area (TPSA) is 85.1 Å². The van der Waals surface area contributed by atoms with E-state index in [1.54, 1.807) is 0 Å². The predicted octanol–water partition coefficient (Wildman–Crippen LogP) is 2.27. The normalized spacial score (nSPS) is 12.2. The zero-order chi connectivity index (χ0) is 11.6. The van der Waals surface area contributed by atoms with E-state index in [2.05, 4.69) is 10.3 Å². The van der Waals surface area contributed by atoms with Crippen LogP contribution < -0.4 is 5.32 Å². The maximum atomic E-state index is 10.8. The largest absolute Gasteiger partial charge is 0.364 e. The Kier molecular flexibility index (Phi) is 3.83. The number of rotatable bonds is 4. The number of nitrogens with one attached hydrogen (secondary N) is 1. The van der Waals surface area contributed by atoms with Gasteiger partial charge < -0.3 is 5.32 Å². The maximum absolute atomic E-state index is 10.8. The lowest BCUT2D eigenvalue weighted by Gasteiger charge is -2.04. The molecular weight excluding hydrogens is 265 g/mol. The number of carbonyl (C=O) groups excluding carboxylic acids is 1. The lowest BCUT2D eigenvalue weighted by molar-refractivity contribution is -0.380. The van der Waals surface area contributed by atoms with E-state index >= 15 is 0 Å². The molecule has 6 nitrogen and oxygen atoms in total. The number of thiazole rings is 1. The van der Waals surface area contributed by atoms with Gasteiger partial charge in [-0.15, -0.1) is 0 Å². The first-order valence-corrected chi connectivity index (χ1v) is 5.26. The van der Waals surface area contributed by atoms with E-state index in [0.717, 1.165) is 11.3 Å². The highest BCUT2D eigenvalue weighted by Gasteiger charge is 2.21. The number of anilines is 1. The van der Waals surface area contributed by atoms with Gasteiger partial charge in [0.2, 0.25) is 5.15 Å². The van der Waals surface area contributed by atoms with Gasteiger partial charge in [-0.1, -0.05) is 23.2 Å². The second kappa shape index (κ2) is 4.73. The number of nitrogens with zero attached hydrogens (tertiary/aromatic N) is 2. The van der Waals surface area contributed by atoms with Crippen molar-refractivity contribution in [1.29, 1.82) is 0 Å². The number of hydrogen-bond donors (Lipinski definition) is 1. The summed E-state index contributed by atoms with van der Waals surface area (Å²) < 4.78 is 0. The van der Waals surface area contributed by atoms with Gasteiger partial charge in [-0.05, 0) is 18.3 Å². The summed E-state index contributed by atoms with van der Waals surface area (Å²) in [5.74, 6) is -0.314. The Bertz CT molecular complexity index is 408. The number of alkyl halides is 1. The quantitative estimate of drug-likeness (QED) is 0.392. The molecule has 0 spiro atoms. The average molecular weight is 270 g/mol. The summed E-state index contributed by atoms with van der Waals surface area (Å²) in [6.45, 7) is 1.29. The van der Waals surface area contributed by atoms with Crippen LogP contribution in [-0.4, -0.2) is 21.2 Å². The van der Waals surface area contributed by atoms with Crippen LogP contribution in [0, 0.1) is 10.1 Å². The summed E-state index contributed by atoms with van der Waals surface area (Å²) in [5.41, 5.74) is -0.966. The highest BCUT2D eigenvalue weighted by Crippen LogP contribution is 2.34. The number of Topliss-reactive ketones (excluding diaryl/α,β-unsaturated/α-hetero) is 1. The molecule has 1 unspecified atom stereocenters. The summed E-state index contributed by atoms with van der Waals surface area (Å²) >= 11 is 11.8. The van der Waals surface area contributed by atoms with Crippen molar-refractivity contribution in [3.8, 4) is 0 Å². The molecule has 0 amide bonds. The molecule has 15 heavy (non-hydrogen) atoms. The molecule has 0 bridgehead atoms. The van der Waals surface area contributed by atoms with Crippen LogP contribution >= 0.6 is 34.5 Å². The first-order valence-electron chi connectivity index (χ1n) is 3.63. The van der Waals surface area contributed by atoms with E-state index in [0.29, 0.717) is 0 Å². The van der Waals surface area contributed by atoms with Crippen LogP contribution in [0.3, 0.4) is 0 Å². The Balaban J connectivity index is 2.84. The molecule has 0 saturated carbocycles. The van der Waals surface area contributed by atoms with Gasteiger partial charge >= 0.3 is 5.00 Å². The standard InChI is InChI=1S/C6H5Cl2N3O3S/c1-2(12)3(7)9-6-10-4(8)5(15-6)11(13)14/h3H,1H3,(H,9,10). The zero-order valence-electron chi connectivity index (χ0n) is 7.36. The van der Waals surface area contributed by atoms with Crippen molar-refractivity contribution in [1.82, 2.24) is 4.98 Å². The molecule has 0 aliphatic carbocycles. The van der Waals surface area contributed by atoms with E-state index in [1.165, 1.54) is 6.92 Å². The van der Waals surface area contributed by atoms with E-state index in [4.69, 9.17) is 23.2 Å². The first-order chi connectivity index (χ1) is 6.91. The van der Waals surface area contributed by atoms with E-state index in [-0.39, 0.29) is 21.1 Å². The summed E-state index contributed by atoms with van der Waals surface area (Å²) in [7, 11) is 0. The second-order valence-corrected chi connectivity index (χ2v) is 4.26. The van der Waals surface area contributed by atoms with Crippen molar-refractivity contribution in [3.63, 3.8) is 0 Å². The summed E-state index contributed by atoms with van der Waals surface area (Å²) in [6.07, 6.45) is 0. The molecule has 0 aromatic carbocycles. The Morgan fingerprint density at radius 1 is 1.73 bits per heavy atom. The highest BCUT2D eigenvalue weighted by atomic mass is 35.5. The van der Waals surface area contributed by atoms with Crippen LogP contribution in [0.1, 0.15) is 6.92 Å². The van der Waals surface area contributed by atoms with Crippen LogP contribution in [0.15, 0.2) is 0 Å². The molecule has 0 saturated heterocycles. The van der Waals surface area contributed by atoms with E-state index < -0.39 is 10.4 Å². The average Bonchev–Trinajstić information content (AvgIpc) is 2.46. The number of halogens is 2. The smallest absolute Gasteiger partial charge is 0.339 e. The Labute approximate surface area is 98.4 Å². The van der Waals surface area contributed by atoms with Crippen molar-refractivity contribution in [2.45, 2.75) is 12.4 Å². The SMILES string of the molecule is CC(=O)C(Cl)Nc1nc(Cl)c([N+](=O)[O-])s1. The minimum absolute atomic E-state index is 0.141. The minimum Gasteiger partial charge on any atom is -0.339 e. The summed E-state index contributed by atoms with van der Waals surface area (Å²) in [5, 5.41) is 12.5. The molecule has 0 fully saturated rings. The van der Waals surface area contributed by atoms with Gasteiger partial charge in [0.15, 0.2) is 16.4 Å². The van der Waals surface area contributed by atoms with Crippen molar-refractivity contribution in [2.24, 2.45) is 0 Å². The van der Waals surface area contributed by atoms with E-state index in [9.17, 15) is 14.9 Å². The van der Waals surface area contributed by atoms with Gasteiger partial charge in [0, 0.05) is 0 Å². The van der Waals surface area contributed by atoms with Crippen LogP contribution in [0.25, 0.3) is 0 Å². The highest BCUT2D eigenvalue weighted by molar-refractivity contribution is 7.19. The van der Waals surface area contributed by atoms with Crippen LogP contribution in [-0.2, 0) is 4.79 Å². The molecule has 1 aromatic rings. The zero-order valence-corrected chi connectivity index (χ0v) is 9.69. The molecule has 0 aliphatic heterocycles. The molecule has 0 radical (unpaired) electrons. The molecule has 1 rings (SSSR count). The molecule has 1 atom stereocenters. The van der Waals surface area contributed by atoms with Crippen molar-refractivity contribution in [2.75, 3.05) is 5.32 Å². The number of nitro groups is 1. The predicted molar refractivity (Wildman–Crippen MR) is 57.7 cm³/mol. The van der Waals surface area contributed by atoms with Crippen LogP contribution in [0.4, 0.5) is 10.1 Å². The molecule has 0 aliphatic rings. The summed E-state index contributed by atoms with van der Waals surface area (Å²) in [4.78, 5) is 24.2. The van der Waals surface area contributed by atoms with Gasteiger partial charge in [0.25, 0.3) is 0 Å². The van der Waals surface area contributed by atoms with Crippen LogP contribution in [0.5, 0.6) is 0 Å². The molecule has 9 heteroatoms. The molecule has 82 valence electrons. The lowest BCUT2D eigenvalue weighted by atomic mass is 10.4. The Morgan fingerprint density at radius 2 is 2.33 bits per heavy atom. The third-order valence-corrected chi connectivity index (χ3v) is 3.07. The van der Waals surface area contributed by atoms with Gasteiger partial charge in [0.1, 0.15) is 0 Å². The molecular formula is C6H5Cl2N3O3S. The van der Waals surface area contributed by atoms with E-state index in [1.807, 2.05) is 0 Å². The molecule has 1 heterocycles. The Morgan fingerprint density at radius 3 is 2.73 bits per heavy atom. The first kappa shape index (κ1) is 12.2. The second-order valence-electron chi connectivity index (χ2n) is 2.49. The number of aromatic nitrogens is 1. The van der Waals surface area contributed by atoms with Gasteiger partial charge in [-0.25, -0.2) is 4.98 Å².